The van der Waals surface area contributed by atoms with Crippen molar-refractivity contribution in [2.45, 2.75) is 51.5 Å². The first-order valence-electron chi connectivity index (χ1n) is 12.4. The molecule has 1 aromatic rings. The minimum absolute atomic E-state index is 0.156. The van der Waals surface area contributed by atoms with E-state index < -0.39 is 0 Å². The number of amides is 1. The predicted molar refractivity (Wildman–Crippen MR) is 123 cm³/mol. The summed E-state index contributed by atoms with van der Waals surface area (Å²) in [5, 5.41) is 6.89. The third kappa shape index (κ3) is 5.01. The molecule has 3 atom stereocenters. The number of rotatable bonds is 4. The van der Waals surface area contributed by atoms with Crippen molar-refractivity contribution in [2.75, 3.05) is 39.4 Å². The summed E-state index contributed by atoms with van der Waals surface area (Å²) < 4.78 is 5.52. The molecular formula is C26H38N2O4. The number of carbonyl (C=O) groups is 2. The van der Waals surface area contributed by atoms with Gasteiger partial charge in [-0.15, -0.1) is 0 Å². The van der Waals surface area contributed by atoms with Crippen molar-refractivity contribution in [3.8, 4) is 0 Å². The molecule has 1 N–H and O–H groups in total. The molecule has 0 unspecified atom stereocenters. The lowest BCUT2D eigenvalue weighted by molar-refractivity contribution is -0.140. The molecule has 3 saturated heterocycles. The Morgan fingerprint density at radius 3 is 2.47 bits per heavy atom. The summed E-state index contributed by atoms with van der Waals surface area (Å²) in [5.74, 6) is 2.67. The summed E-state index contributed by atoms with van der Waals surface area (Å²) in [5.41, 5.74) is 2.71. The molecule has 1 aliphatic carbocycles. The molecule has 32 heavy (non-hydrogen) atoms. The lowest BCUT2D eigenvalue weighted by Gasteiger charge is -2.34. The number of hydrogen-bond acceptors (Lipinski definition) is 4. The van der Waals surface area contributed by atoms with E-state index in [9.17, 15) is 4.79 Å². The van der Waals surface area contributed by atoms with Gasteiger partial charge in [0.2, 0.25) is 5.91 Å². The van der Waals surface area contributed by atoms with E-state index in [1.807, 2.05) is 0 Å². The van der Waals surface area contributed by atoms with E-state index in [4.69, 9.17) is 14.6 Å². The van der Waals surface area contributed by atoms with E-state index >= 15 is 0 Å². The van der Waals surface area contributed by atoms with E-state index in [2.05, 4.69) is 41.0 Å². The van der Waals surface area contributed by atoms with Gasteiger partial charge >= 0.3 is 0 Å². The van der Waals surface area contributed by atoms with Gasteiger partial charge in [0.25, 0.3) is 6.47 Å². The molecule has 5 rings (SSSR count). The maximum absolute atomic E-state index is 13.5. The summed E-state index contributed by atoms with van der Waals surface area (Å²) in [6, 6.07) is 9.01. The van der Waals surface area contributed by atoms with E-state index in [1.165, 1.54) is 49.9 Å². The minimum Gasteiger partial charge on any atom is -0.483 e. The van der Waals surface area contributed by atoms with Crippen molar-refractivity contribution < 1.29 is 19.4 Å². The SMILES string of the molecule is Cc1ccccc1[C@@H]1[C@H]2CN(CC3CCCC3)C[C@H]2CN1C(=O)C1CCOCC1.O=CO. The van der Waals surface area contributed by atoms with E-state index in [1.54, 1.807) is 0 Å². The first-order valence-corrected chi connectivity index (χ1v) is 12.4. The number of hydrogen-bond donors (Lipinski definition) is 1. The Balaban J connectivity index is 0.000000775. The van der Waals surface area contributed by atoms with Crippen LogP contribution in [0.3, 0.4) is 0 Å². The van der Waals surface area contributed by atoms with Gasteiger partial charge in [-0.1, -0.05) is 37.1 Å². The van der Waals surface area contributed by atoms with E-state index in [-0.39, 0.29) is 18.4 Å². The topological polar surface area (TPSA) is 70.1 Å². The van der Waals surface area contributed by atoms with Crippen molar-refractivity contribution in [3.63, 3.8) is 0 Å². The van der Waals surface area contributed by atoms with Crippen LogP contribution in [0.5, 0.6) is 0 Å². The number of carbonyl (C=O) groups excluding carboxylic acids is 1. The molecule has 0 radical (unpaired) electrons. The zero-order valence-electron chi connectivity index (χ0n) is 19.3. The molecule has 0 bridgehead atoms. The van der Waals surface area contributed by atoms with Gasteiger partial charge in [-0.2, -0.15) is 0 Å². The van der Waals surface area contributed by atoms with Crippen LogP contribution in [0, 0.1) is 30.6 Å². The predicted octanol–water partition coefficient (Wildman–Crippen LogP) is 3.74. The summed E-state index contributed by atoms with van der Waals surface area (Å²) in [7, 11) is 0. The molecule has 3 aliphatic heterocycles. The first kappa shape index (κ1) is 23.2. The second-order valence-corrected chi connectivity index (χ2v) is 10.1. The van der Waals surface area contributed by atoms with Crippen molar-refractivity contribution in [3.05, 3.63) is 35.4 Å². The molecule has 1 saturated carbocycles. The number of ether oxygens (including phenoxy) is 1. The summed E-state index contributed by atoms with van der Waals surface area (Å²) in [6.07, 6.45) is 7.45. The molecule has 6 nitrogen and oxygen atoms in total. The summed E-state index contributed by atoms with van der Waals surface area (Å²) in [6.45, 7) is 8.01. The smallest absolute Gasteiger partial charge is 0.290 e. The first-order chi connectivity index (χ1) is 15.6. The monoisotopic (exact) mass is 442 g/mol. The Hall–Kier alpha value is -1.92. The van der Waals surface area contributed by atoms with Crippen LogP contribution in [-0.2, 0) is 14.3 Å². The Morgan fingerprint density at radius 1 is 1.09 bits per heavy atom. The molecular weight excluding hydrogens is 404 g/mol. The lowest BCUT2D eigenvalue weighted by Crippen LogP contribution is -2.41. The van der Waals surface area contributed by atoms with Crippen molar-refractivity contribution >= 4 is 12.4 Å². The second-order valence-electron chi connectivity index (χ2n) is 10.1. The quantitative estimate of drug-likeness (QED) is 0.720. The van der Waals surface area contributed by atoms with Crippen LogP contribution in [0.4, 0.5) is 0 Å². The fraction of sp³-hybridized carbons (Fsp3) is 0.692. The highest BCUT2D eigenvalue weighted by Crippen LogP contribution is 2.47. The maximum Gasteiger partial charge on any atom is 0.290 e. The van der Waals surface area contributed by atoms with Gasteiger partial charge in [-0.25, -0.2) is 0 Å². The van der Waals surface area contributed by atoms with Crippen LogP contribution in [0.2, 0.25) is 0 Å². The largest absolute Gasteiger partial charge is 0.483 e. The van der Waals surface area contributed by atoms with Crippen molar-refractivity contribution in [1.82, 2.24) is 9.80 Å². The highest BCUT2D eigenvalue weighted by atomic mass is 16.5. The van der Waals surface area contributed by atoms with Crippen molar-refractivity contribution in [1.29, 1.82) is 0 Å². The molecule has 0 spiro atoms. The molecule has 0 aromatic heterocycles. The third-order valence-corrected chi connectivity index (χ3v) is 8.09. The minimum atomic E-state index is -0.250. The third-order valence-electron chi connectivity index (χ3n) is 8.09. The number of aryl methyl sites for hydroxylation is 1. The number of carboxylic acid groups (broad SMARTS) is 1. The molecule has 1 aromatic carbocycles. The van der Waals surface area contributed by atoms with Gasteiger partial charge in [0.05, 0.1) is 6.04 Å². The van der Waals surface area contributed by atoms with Crippen molar-refractivity contribution in [2.24, 2.45) is 23.7 Å². The van der Waals surface area contributed by atoms with Gasteiger partial charge in [-0.05, 0) is 55.6 Å². The Bertz CT molecular complexity index is 773. The van der Waals surface area contributed by atoms with Crippen LogP contribution < -0.4 is 0 Å². The van der Waals surface area contributed by atoms with E-state index in [0.29, 0.717) is 17.7 Å². The van der Waals surface area contributed by atoms with Gasteiger partial charge in [0, 0.05) is 51.2 Å². The van der Waals surface area contributed by atoms with E-state index in [0.717, 1.165) is 45.1 Å². The molecule has 4 fully saturated rings. The number of benzene rings is 1. The van der Waals surface area contributed by atoms with Crippen LogP contribution >= 0.6 is 0 Å². The number of fused-ring (bicyclic) bond motifs is 1. The maximum atomic E-state index is 13.5. The fourth-order valence-corrected chi connectivity index (χ4v) is 6.57. The Labute approximate surface area is 191 Å². The summed E-state index contributed by atoms with van der Waals surface area (Å²) >= 11 is 0. The van der Waals surface area contributed by atoms with Gasteiger partial charge in [0.15, 0.2) is 0 Å². The van der Waals surface area contributed by atoms with Crippen LogP contribution in [-0.4, -0.2) is 66.7 Å². The number of nitrogens with zero attached hydrogens (tertiary/aromatic N) is 2. The highest BCUT2D eigenvalue weighted by Gasteiger charge is 2.50. The standard InChI is InChI=1S/C25H36N2O2.CH2O2/c1-18-6-2-5-9-22(18)24-23-17-26(14-19-7-3-4-8-19)15-21(23)16-27(24)25(28)20-10-12-29-13-11-20;2-1-3/h2,5-6,9,19-21,23-24H,3-4,7-8,10-17H2,1H3;1H,(H,2,3)/t21-,23-,24+;/m0./s1. The molecule has 1 amide bonds. The van der Waals surface area contributed by atoms with Gasteiger partial charge < -0.3 is 19.6 Å². The van der Waals surface area contributed by atoms with Crippen LogP contribution in [0.25, 0.3) is 0 Å². The summed E-state index contributed by atoms with van der Waals surface area (Å²) in [4.78, 5) is 26.9. The van der Waals surface area contributed by atoms with Gasteiger partial charge in [0.1, 0.15) is 0 Å². The molecule has 176 valence electrons. The average Bonchev–Trinajstić information content (AvgIpc) is 3.52. The molecule has 3 heterocycles. The van der Waals surface area contributed by atoms with Crippen LogP contribution in [0.15, 0.2) is 24.3 Å². The fourth-order valence-electron chi connectivity index (χ4n) is 6.57. The average molecular weight is 443 g/mol. The lowest BCUT2D eigenvalue weighted by atomic mass is 9.87. The highest BCUT2D eigenvalue weighted by molar-refractivity contribution is 5.80. The zero-order chi connectivity index (χ0) is 22.5. The Morgan fingerprint density at radius 2 is 1.78 bits per heavy atom. The number of likely N-dealkylation sites (tertiary alicyclic amines) is 2. The zero-order valence-corrected chi connectivity index (χ0v) is 19.3. The molecule has 4 aliphatic rings. The normalized spacial score (nSPS) is 28.9. The second kappa shape index (κ2) is 10.8. The Kier molecular flexibility index (Phi) is 7.84. The van der Waals surface area contributed by atoms with Gasteiger partial charge in [-0.3, -0.25) is 9.59 Å². The molecule has 6 heteroatoms. The van der Waals surface area contributed by atoms with Crippen LogP contribution in [0.1, 0.15) is 55.7 Å².